The third kappa shape index (κ3) is 1.20. The van der Waals surface area contributed by atoms with Crippen molar-refractivity contribution < 1.29 is 0 Å². The fraction of sp³-hybridized carbons (Fsp3) is 0.750. The van der Waals surface area contributed by atoms with Gasteiger partial charge in [0.2, 0.25) is 0 Å². The molecule has 0 aromatic carbocycles. The molecule has 2 aliphatic rings. The lowest BCUT2D eigenvalue weighted by molar-refractivity contribution is 0.395. The van der Waals surface area contributed by atoms with Crippen LogP contribution in [0.3, 0.4) is 0 Å². The van der Waals surface area contributed by atoms with E-state index in [9.17, 15) is 0 Å². The van der Waals surface area contributed by atoms with Crippen molar-refractivity contribution in [1.82, 2.24) is 9.78 Å². The highest BCUT2D eigenvalue weighted by molar-refractivity contribution is 5.20. The molecule has 0 bridgehead atoms. The minimum Gasteiger partial charge on any atom is -0.272 e. The zero-order valence-corrected chi connectivity index (χ0v) is 8.87. The minimum absolute atomic E-state index is 0.787. The first-order valence-corrected chi connectivity index (χ1v) is 5.88. The molecule has 1 aromatic heterocycles. The highest BCUT2D eigenvalue weighted by Gasteiger charge is 2.27. The normalized spacial score (nSPS) is 23.2. The number of hydrogen-bond acceptors (Lipinski definition) is 1. The Bertz CT molecular complexity index is 332. The molecule has 1 aromatic rings. The van der Waals surface area contributed by atoms with Gasteiger partial charge in [-0.15, -0.1) is 0 Å². The molecule has 0 unspecified atom stereocenters. The summed E-state index contributed by atoms with van der Waals surface area (Å²) in [5.41, 5.74) is 2.85. The van der Waals surface area contributed by atoms with Crippen molar-refractivity contribution in [3.63, 3.8) is 0 Å². The van der Waals surface area contributed by atoms with E-state index in [-0.39, 0.29) is 0 Å². The molecule has 2 fully saturated rings. The van der Waals surface area contributed by atoms with Crippen LogP contribution < -0.4 is 0 Å². The summed E-state index contributed by atoms with van der Waals surface area (Å²) in [4.78, 5) is 0. The van der Waals surface area contributed by atoms with Crippen LogP contribution in [0.5, 0.6) is 0 Å². The molecular formula is C12H18N2. The first-order valence-electron chi connectivity index (χ1n) is 5.88. The van der Waals surface area contributed by atoms with Crippen molar-refractivity contribution in [2.75, 3.05) is 0 Å². The van der Waals surface area contributed by atoms with Gasteiger partial charge in [-0.1, -0.05) is 12.8 Å². The van der Waals surface area contributed by atoms with E-state index in [1.807, 2.05) is 0 Å². The summed E-state index contributed by atoms with van der Waals surface area (Å²) < 4.78 is 2.12. The first kappa shape index (κ1) is 8.51. The Kier molecular flexibility index (Phi) is 1.89. The van der Waals surface area contributed by atoms with Crippen molar-refractivity contribution in [2.45, 2.75) is 50.4 Å². The quantitative estimate of drug-likeness (QED) is 0.701. The highest BCUT2D eigenvalue weighted by Crippen LogP contribution is 2.40. The smallest absolute Gasteiger partial charge is 0.0658 e. The Labute approximate surface area is 85.3 Å². The zero-order valence-electron chi connectivity index (χ0n) is 8.87. The minimum atomic E-state index is 0.787. The van der Waals surface area contributed by atoms with E-state index in [2.05, 4.69) is 22.9 Å². The van der Waals surface area contributed by atoms with E-state index >= 15 is 0 Å². The van der Waals surface area contributed by atoms with E-state index in [1.54, 1.807) is 0 Å². The molecule has 0 spiro atoms. The Morgan fingerprint density at radius 3 is 2.29 bits per heavy atom. The van der Waals surface area contributed by atoms with Crippen LogP contribution in [0.2, 0.25) is 0 Å². The van der Waals surface area contributed by atoms with E-state index in [0.717, 1.165) is 11.8 Å². The summed E-state index contributed by atoms with van der Waals surface area (Å²) in [7, 11) is 2.11. The van der Waals surface area contributed by atoms with Crippen LogP contribution >= 0.6 is 0 Å². The SMILES string of the molecule is Cn1nc(C2CCC2)cc1C1CCC1. The largest absolute Gasteiger partial charge is 0.272 e. The molecule has 1 heterocycles. The molecule has 0 aliphatic heterocycles. The van der Waals surface area contributed by atoms with Gasteiger partial charge >= 0.3 is 0 Å². The van der Waals surface area contributed by atoms with E-state index in [4.69, 9.17) is 0 Å². The Balaban J connectivity index is 1.84. The van der Waals surface area contributed by atoms with Crippen LogP contribution in [0.1, 0.15) is 61.7 Å². The van der Waals surface area contributed by atoms with Crippen molar-refractivity contribution >= 4 is 0 Å². The van der Waals surface area contributed by atoms with E-state index in [1.165, 1.54) is 49.9 Å². The Hall–Kier alpha value is -0.790. The topological polar surface area (TPSA) is 17.8 Å². The number of hydrogen-bond donors (Lipinski definition) is 0. The number of aromatic nitrogens is 2. The molecule has 14 heavy (non-hydrogen) atoms. The zero-order chi connectivity index (χ0) is 9.54. The lowest BCUT2D eigenvalue weighted by Gasteiger charge is -2.25. The second kappa shape index (κ2) is 3.11. The number of rotatable bonds is 2. The third-order valence-corrected chi connectivity index (χ3v) is 3.98. The molecule has 0 amide bonds. The van der Waals surface area contributed by atoms with Gasteiger partial charge in [-0.2, -0.15) is 5.10 Å². The van der Waals surface area contributed by atoms with Crippen LogP contribution in [0.25, 0.3) is 0 Å². The summed E-state index contributed by atoms with van der Waals surface area (Å²) in [6.45, 7) is 0. The van der Waals surface area contributed by atoms with Gasteiger partial charge in [-0.25, -0.2) is 0 Å². The standard InChI is InChI=1S/C12H18N2/c1-14-12(10-6-3-7-10)8-11(13-14)9-4-2-5-9/h8-10H,2-7H2,1H3. The second-order valence-electron chi connectivity index (χ2n) is 4.87. The molecule has 2 heteroatoms. The van der Waals surface area contributed by atoms with Crippen LogP contribution in [-0.2, 0) is 7.05 Å². The van der Waals surface area contributed by atoms with Gasteiger partial charge < -0.3 is 0 Å². The summed E-state index contributed by atoms with van der Waals surface area (Å²) in [5.74, 6) is 1.61. The van der Waals surface area contributed by atoms with E-state index < -0.39 is 0 Å². The number of aryl methyl sites for hydroxylation is 1. The highest BCUT2D eigenvalue weighted by atomic mass is 15.3. The summed E-state index contributed by atoms with van der Waals surface area (Å²) in [6.07, 6.45) is 8.30. The molecule has 3 rings (SSSR count). The van der Waals surface area contributed by atoms with Crippen molar-refractivity contribution in [3.8, 4) is 0 Å². The van der Waals surface area contributed by atoms with E-state index in [0.29, 0.717) is 0 Å². The molecular weight excluding hydrogens is 172 g/mol. The molecule has 0 N–H and O–H groups in total. The van der Waals surface area contributed by atoms with Gasteiger partial charge in [-0.05, 0) is 31.7 Å². The van der Waals surface area contributed by atoms with Crippen molar-refractivity contribution in [3.05, 3.63) is 17.5 Å². The monoisotopic (exact) mass is 190 g/mol. The van der Waals surface area contributed by atoms with Gasteiger partial charge in [-0.3, -0.25) is 4.68 Å². The van der Waals surface area contributed by atoms with Gasteiger partial charge in [0, 0.05) is 24.6 Å². The average molecular weight is 190 g/mol. The van der Waals surface area contributed by atoms with Crippen LogP contribution in [0.15, 0.2) is 6.07 Å². The molecule has 76 valence electrons. The van der Waals surface area contributed by atoms with Gasteiger partial charge in [0.15, 0.2) is 0 Å². The second-order valence-corrected chi connectivity index (χ2v) is 4.87. The van der Waals surface area contributed by atoms with Crippen molar-refractivity contribution in [2.24, 2.45) is 7.05 Å². The fourth-order valence-electron chi connectivity index (χ4n) is 2.49. The maximum Gasteiger partial charge on any atom is 0.0658 e. The number of nitrogens with zero attached hydrogens (tertiary/aromatic N) is 2. The Morgan fingerprint density at radius 2 is 1.79 bits per heavy atom. The predicted octanol–water partition coefficient (Wildman–Crippen LogP) is 2.96. The van der Waals surface area contributed by atoms with Crippen LogP contribution in [0.4, 0.5) is 0 Å². The van der Waals surface area contributed by atoms with Gasteiger partial charge in [0.25, 0.3) is 0 Å². The van der Waals surface area contributed by atoms with Gasteiger partial charge in [0.05, 0.1) is 5.69 Å². The molecule has 2 nitrogen and oxygen atoms in total. The molecule has 0 atom stereocenters. The maximum absolute atomic E-state index is 4.65. The summed E-state index contributed by atoms with van der Waals surface area (Å²) >= 11 is 0. The lowest BCUT2D eigenvalue weighted by Crippen LogP contribution is -2.12. The average Bonchev–Trinajstić information content (AvgIpc) is 2.25. The Morgan fingerprint density at radius 1 is 1.14 bits per heavy atom. The van der Waals surface area contributed by atoms with Crippen molar-refractivity contribution in [1.29, 1.82) is 0 Å². The maximum atomic E-state index is 4.65. The predicted molar refractivity (Wildman–Crippen MR) is 56.4 cm³/mol. The fourth-order valence-corrected chi connectivity index (χ4v) is 2.49. The van der Waals surface area contributed by atoms with Crippen LogP contribution in [0, 0.1) is 0 Å². The summed E-state index contributed by atoms with van der Waals surface area (Å²) in [6, 6.07) is 2.37. The molecule has 0 saturated heterocycles. The molecule has 0 radical (unpaired) electrons. The molecule has 2 aliphatic carbocycles. The summed E-state index contributed by atoms with van der Waals surface area (Å²) in [5, 5.41) is 4.65. The van der Waals surface area contributed by atoms with Crippen LogP contribution in [-0.4, -0.2) is 9.78 Å². The lowest BCUT2D eigenvalue weighted by atomic mass is 9.80. The molecule has 2 saturated carbocycles. The first-order chi connectivity index (χ1) is 6.84. The third-order valence-electron chi connectivity index (χ3n) is 3.98. The van der Waals surface area contributed by atoms with Gasteiger partial charge in [0.1, 0.15) is 0 Å².